The molecule has 0 aliphatic rings. The van der Waals surface area contributed by atoms with E-state index in [2.05, 4.69) is 30.7 Å². The number of thiazole rings is 1. The van der Waals surface area contributed by atoms with Crippen molar-refractivity contribution in [3.63, 3.8) is 0 Å². The third-order valence-electron chi connectivity index (χ3n) is 5.57. The molecule has 0 aliphatic carbocycles. The van der Waals surface area contributed by atoms with Gasteiger partial charge in [0, 0.05) is 18.3 Å². The largest absolute Gasteiger partial charge is 0.444 e. The van der Waals surface area contributed by atoms with E-state index in [4.69, 9.17) is 4.42 Å². The topological polar surface area (TPSA) is 96.5 Å². The Bertz CT molecular complexity index is 1110. The maximum atomic E-state index is 12.3. The highest BCUT2D eigenvalue weighted by atomic mass is 32.2. The lowest BCUT2D eigenvalue weighted by Gasteiger charge is -2.14. The number of amides is 1. The molecule has 0 unspecified atom stereocenters. The first kappa shape index (κ1) is 28.1. The highest BCUT2D eigenvalue weighted by molar-refractivity contribution is 8.00. The first-order valence-electron chi connectivity index (χ1n) is 12.3. The molecule has 1 aromatic carbocycles. The van der Waals surface area contributed by atoms with Gasteiger partial charge in [0.25, 0.3) is 0 Å². The molecule has 0 spiro atoms. The molecular weight excluding hydrogens is 494 g/mol. The van der Waals surface area contributed by atoms with Crippen LogP contribution in [0.15, 0.2) is 51.4 Å². The monoisotopic (exact) mass is 529 g/mol. The van der Waals surface area contributed by atoms with E-state index in [-0.39, 0.29) is 23.7 Å². The molecule has 7 nitrogen and oxygen atoms in total. The normalized spacial score (nSPS) is 11.6. The highest BCUT2D eigenvalue weighted by Crippen LogP contribution is 2.30. The maximum absolute atomic E-state index is 12.3. The number of thioether (sulfide) groups is 1. The third-order valence-corrected chi connectivity index (χ3v) is 7.75. The maximum Gasteiger partial charge on any atom is 0.246 e. The SMILES string of the molecule is CC(C)(C)c1cnc(CSc2cnc(CC(=O)CCCCCCC(=O)N(O)Cc3ccccc3)s2)o1. The molecular formula is C27H35N3O4S2. The summed E-state index contributed by atoms with van der Waals surface area (Å²) in [4.78, 5) is 33.2. The van der Waals surface area contributed by atoms with Crippen molar-refractivity contribution in [2.24, 2.45) is 0 Å². The van der Waals surface area contributed by atoms with Gasteiger partial charge < -0.3 is 4.42 Å². The quantitative estimate of drug-likeness (QED) is 0.109. The number of hydrogen-bond acceptors (Lipinski definition) is 8. The van der Waals surface area contributed by atoms with E-state index in [9.17, 15) is 14.8 Å². The van der Waals surface area contributed by atoms with Gasteiger partial charge >= 0.3 is 0 Å². The summed E-state index contributed by atoms with van der Waals surface area (Å²) < 4.78 is 6.87. The van der Waals surface area contributed by atoms with Crippen molar-refractivity contribution in [3.05, 3.63) is 64.9 Å². The summed E-state index contributed by atoms with van der Waals surface area (Å²) in [5.41, 5.74) is 0.830. The van der Waals surface area contributed by atoms with Gasteiger partial charge in [-0.15, -0.1) is 23.1 Å². The predicted octanol–water partition coefficient (Wildman–Crippen LogP) is 6.59. The molecule has 1 N–H and O–H groups in total. The van der Waals surface area contributed by atoms with Crippen LogP contribution in [-0.4, -0.2) is 31.9 Å². The number of hydroxylamine groups is 2. The minimum atomic E-state index is -0.273. The molecule has 0 saturated carbocycles. The number of carbonyl (C=O) groups excluding carboxylic acids is 2. The molecule has 2 aromatic heterocycles. The van der Waals surface area contributed by atoms with Crippen LogP contribution in [0.4, 0.5) is 0 Å². The molecule has 0 saturated heterocycles. The van der Waals surface area contributed by atoms with Crippen molar-refractivity contribution in [1.82, 2.24) is 15.0 Å². The second-order valence-corrected chi connectivity index (χ2v) is 12.2. The Labute approximate surface area is 221 Å². The molecule has 3 aromatic rings. The van der Waals surface area contributed by atoms with Crippen molar-refractivity contribution in [2.45, 2.75) is 87.6 Å². The van der Waals surface area contributed by atoms with Crippen molar-refractivity contribution in [1.29, 1.82) is 0 Å². The average molecular weight is 530 g/mol. The number of aromatic nitrogens is 2. The highest BCUT2D eigenvalue weighted by Gasteiger charge is 2.19. The molecule has 36 heavy (non-hydrogen) atoms. The van der Waals surface area contributed by atoms with Gasteiger partial charge in [0.15, 0.2) is 0 Å². The number of Topliss-reactive ketones (excluding diaryl/α,β-unsaturated/α-hetero) is 1. The molecule has 0 bridgehead atoms. The Morgan fingerprint density at radius 2 is 1.75 bits per heavy atom. The molecule has 1 amide bonds. The van der Waals surface area contributed by atoms with Crippen LogP contribution in [0.25, 0.3) is 0 Å². The van der Waals surface area contributed by atoms with Gasteiger partial charge in [-0.05, 0) is 18.4 Å². The summed E-state index contributed by atoms with van der Waals surface area (Å²) in [7, 11) is 0. The van der Waals surface area contributed by atoms with Crippen molar-refractivity contribution in [2.75, 3.05) is 0 Å². The van der Waals surface area contributed by atoms with E-state index in [0.29, 0.717) is 37.3 Å². The Balaban J connectivity index is 1.26. The van der Waals surface area contributed by atoms with Gasteiger partial charge in [0.2, 0.25) is 11.8 Å². The summed E-state index contributed by atoms with van der Waals surface area (Å²) in [5, 5.41) is 11.6. The lowest BCUT2D eigenvalue weighted by Crippen LogP contribution is -2.26. The molecule has 2 heterocycles. The van der Waals surface area contributed by atoms with Crippen LogP contribution >= 0.6 is 23.1 Å². The zero-order chi connectivity index (χ0) is 26.0. The first-order valence-corrected chi connectivity index (χ1v) is 14.1. The number of benzene rings is 1. The smallest absolute Gasteiger partial charge is 0.246 e. The van der Waals surface area contributed by atoms with Gasteiger partial charge in [-0.2, -0.15) is 0 Å². The Kier molecular flexibility index (Phi) is 10.7. The molecule has 0 atom stereocenters. The van der Waals surface area contributed by atoms with E-state index in [1.807, 2.05) is 36.5 Å². The number of rotatable bonds is 14. The minimum absolute atomic E-state index is 0.0610. The lowest BCUT2D eigenvalue weighted by atomic mass is 9.94. The predicted molar refractivity (Wildman–Crippen MR) is 142 cm³/mol. The summed E-state index contributed by atoms with van der Waals surface area (Å²) in [6.45, 7) is 6.48. The average Bonchev–Trinajstić information content (AvgIpc) is 3.50. The van der Waals surface area contributed by atoms with Crippen LogP contribution in [0.3, 0.4) is 0 Å². The van der Waals surface area contributed by atoms with E-state index in [1.165, 1.54) is 0 Å². The fourth-order valence-corrected chi connectivity index (χ4v) is 5.38. The second kappa shape index (κ2) is 13.7. The van der Waals surface area contributed by atoms with Gasteiger partial charge in [0.05, 0.1) is 35.3 Å². The number of unbranched alkanes of at least 4 members (excludes halogenated alkanes) is 3. The van der Waals surface area contributed by atoms with Gasteiger partial charge in [0.1, 0.15) is 16.6 Å². The number of ketones is 1. The molecule has 194 valence electrons. The number of nitrogens with zero attached hydrogens (tertiary/aromatic N) is 3. The molecule has 0 fully saturated rings. The minimum Gasteiger partial charge on any atom is -0.444 e. The molecule has 0 radical (unpaired) electrons. The Morgan fingerprint density at radius 3 is 2.44 bits per heavy atom. The lowest BCUT2D eigenvalue weighted by molar-refractivity contribution is -0.168. The van der Waals surface area contributed by atoms with E-state index in [0.717, 1.165) is 44.9 Å². The standard InChI is InChI=1S/C27H35N3O4S2/c1-27(2,3)22-16-28-23(34-22)19-35-26-17-29-24(36-26)15-21(31)13-9-4-5-10-14-25(32)30(33)18-20-11-7-6-8-12-20/h6-8,11-12,16-17,33H,4-5,9-10,13-15,18-19H2,1-3H3. The first-order chi connectivity index (χ1) is 17.2. The Morgan fingerprint density at radius 1 is 1.03 bits per heavy atom. The summed E-state index contributed by atoms with van der Waals surface area (Å²) in [5.74, 6) is 2.11. The van der Waals surface area contributed by atoms with E-state index in [1.54, 1.807) is 29.3 Å². The van der Waals surface area contributed by atoms with Crippen LogP contribution in [0, 0.1) is 0 Å². The van der Waals surface area contributed by atoms with Crippen molar-refractivity contribution in [3.8, 4) is 0 Å². The summed E-state index contributed by atoms with van der Waals surface area (Å²) >= 11 is 3.16. The van der Waals surface area contributed by atoms with Gasteiger partial charge in [-0.3, -0.25) is 14.8 Å². The van der Waals surface area contributed by atoms with Crippen molar-refractivity contribution >= 4 is 34.8 Å². The van der Waals surface area contributed by atoms with Crippen LogP contribution in [-0.2, 0) is 33.7 Å². The third kappa shape index (κ3) is 9.52. The van der Waals surface area contributed by atoms with Crippen LogP contribution in [0.2, 0.25) is 0 Å². The fourth-order valence-electron chi connectivity index (χ4n) is 3.48. The number of hydrogen-bond donors (Lipinski definition) is 1. The number of carbonyl (C=O) groups is 2. The van der Waals surface area contributed by atoms with Crippen LogP contribution < -0.4 is 0 Å². The second-order valence-electron chi connectivity index (χ2n) is 9.80. The van der Waals surface area contributed by atoms with E-state index >= 15 is 0 Å². The molecule has 9 heteroatoms. The Hall–Kier alpha value is -2.49. The zero-order valence-corrected chi connectivity index (χ0v) is 22.9. The molecule has 0 aliphatic heterocycles. The molecule has 3 rings (SSSR count). The van der Waals surface area contributed by atoms with Crippen molar-refractivity contribution < 1.29 is 19.2 Å². The van der Waals surface area contributed by atoms with Crippen LogP contribution in [0.1, 0.15) is 81.5 Å². The van der Waals surface area contributed by atoms with Gasteiger partial charge in [-0.1, -0.05) is 63.9 Å². The fraction of sp³-hybridized carbons (Fsp3) is 0.481. The summed E-state index contributed by atoms with van der Waals surface area (Å²) in [6, 6.07) is 9.40. The van der Waals surface area contributed by atoms with Crippen LogP contribution in [0.5, 0.6) is 0 Å². The van der Waals surface area contributed by atoms with E-state index < -0.39 is 0 Å². The summed E-state index contributed by atoms with van der Waals surface area (Å²) in [6.07, 6.45) is 8.02. The number of oxazole rings is 1. The van der Waals surface area contributed by atoms with Gasteiger partial charge in [-0.25, -0.2) is 15.0 Å². The zero-order valence-electron chi connectivity index (χ0n) is 21.2.